The molecule has 1 aliphatic carbocycles. The second-order valence-electron chi connectivity index (χ2n) is 4.45. The highest BCUT2D eigenvalue weighted by Crippen LogP contribution is 2.23. The first-order chi connectivity index (χ1) is 10.0. The summed E-state index contributed by atoms with van der Waals surface area (Å²) in [7, 11) is 0. The molecule has 1 aliphatic rings. The van der Waals surface area contributed by atoms with Crippen LogP contribution in [0.15, 0.2) is 11.3 Å². The molecule has 0 aromatic rings. The summed E-state index contributed by atoms with van der Waals surface area (Å²) < 4.78 is 0. The van der Waals surface area contributed by atoms with Crippen molar-refractivity contribution in [2.75, 3.05) is 6.54 Å². The van der Waals surface area contributed by atoms with Gasteiger partial charge in [0, 0.05) is 33.0 Å². The Hall–Kier alpha value is -2.09. The summed E-state index contributed by atoms with van der Waals surface area (Å²) in [5.74, 6) is -2.50. The Bertz CT molecular complexity index is 318. The fourth-order valence-corrected chi connectivity index (χ4v) is 1.44. The first-order valence-corrected chi connectivity index (χ1v) is 6.79. The first kappa shape index (κ1) is 24.9. The maximum absolute atomic E-state index is 9.00. The zero-order valence-corrected chi connectivity index (χ0v) is 13.5. The number of nitrogens with two attached hydrogens (primary N) is 2. The molecule has 0 bridgehead atoms. The van der Waals surface area contributed by atoms with Gasteiger partial charge in [0.25, 0.3) is 17.9 Å². The lowest BCUT2D eigenvalue weighted by molar-refractivity contribution is -0.135. The minimum absolute atomic E-state index is 0.537. The van der Waals surface area contributed by atoms with Crippen molar-refractivity contribution >= 4 is 17.9 Å². The van der Waals surface area contributed by atoms with E-state index in [1.165, 1.54) is 37.7 Å². The topological polar surface area (TPSA) is 164 Å². The summed E-state index contributed by atoms with van der Waals surface area (Å²) in [6, 6.07) is 0. The predicted molar refractivity (Wildman–Crippen MR) is 83.3 cm³/mol. The van der Waals surface area contributed by atoms with Crippen molar-refractivity contribution in [2.45, 2.75) is 52.9 Å². The molecule has 0 amide bonds. The van der Waals surface area contributed by atoms with Crippen molar-refractivity contribution in [1.29, 1.82) is 0 Å². The molecule has 8 nitrogen and oxygen atoms in total. The van der Waals surface area contributed by atoms with Crippen molar-refractivity contribution < 1.29 is 29.7 Å². The van der Waals surface area contributed by atoms with Crippen molar-refractivity contribution in [1.82, 2.24) is 0 Å². The number of carboxylic acid groups (broad SMARTS) is 3. The Morgan fingerprint density at radius 3 is 1.36 bits per heavy atom. The Balaban J connectivity index is -0.000000253. The summed E-state index contributed by atoms with van der Waals surface area (Å²) in [6.07, 6.45) is 6.33. The predicted octanol–water partition coefficient (Wildman–Crippen LogP) is 1.39. The van der Waals surface area contributed by atoms with Gasteiger partial charge in [0.05, 0.1) is 0 Å². The van der Waals surface area contributed by atoms with Crippen LogP contribution in [0, 0.1) is 0 Å². The van der Waals surface area contributed by atoms with E-state index in [2.05, 4.69) is 0 Å². The first-order valence-electron chi connectivity index (χ1n) is 6.79. The summed E-state index contributed by atoms with van der Waals surface area (Å²) >= 11 is 0. The average Bonchev–Trinajstić information content (AvgIpc) is 2.37. The monoisotopic (exact) mass is 320 g/mol. The van der Waals surface area contributed by atoms with E-state index in [0.29, 0.717) is 6.54 Å². The number of carbonyl (C=O) groups is 3. The molecule has 1 saturated carbocycles. The maximum Gasteiger partial charge on any atom is 0.300 e. The van der Waals surface area contributed by atoms with Gasteiger partial charge in [-0.05, 0) is 25.7 Å². The summed E-state index contributed by atoms with van der Waals surface area (Å²) in [5, 5.41) is 22.2. The maximum atomic E-state index is 9.00. The van der Waals surface area contributed by atoms with Gasteiger partial charge in [0.15, 0.2) is 0 Å². The highest BCUT2D eigenvalue weighted by molar-refractivity contribution is 5.63. The number of carboxylic acids is 3. The van der Waals surface area contributed by atoms with Crippen LogP contribution in [0.3, 0.4) is 0 Å². The number of hydrogen-bond acceptors (Lipinski definition) is 5. The van der Waals surface area contributed by atoms with E-state index in [1.54, 1.807) is 0 Å². The van der Waals surface area contributed by atoms with Crippen molar-refractivity contribution in [2.24, 2.45) is 11.5 Å². The fourth-order valence-electron chi connectivity index (χ4n) is 1.44. The fraction of sp³-hybridized carbons (Fsp3) is 0.643. The molecule has 0 saturated heterocycles. The third kappa shape index (κ3) is 36.1. The highest BCUT2D eigenvalue weighted by Gasteiger charge is 2.07. The van der Waals surface area contributed by atoms with Crippen molar-refractivity contribution in [3.63, 3.8) is 0 Å². The van der Waals surface area contributed by atoms with E-state index in [4.69, 9.17) is 41.2 Å². The van der Waals surface area contributed by atoms with Gasteiger partial charge in [0.2, 0.25) is 0 Å². The molecule has 0 heterocycles. The van der Waals surface area contributed by atoms with E-state index < -0.39 is 17.9 Å². The van der Waals surface area contributed by atoms with Crippen LogP contribution in [-0.4, -0.2) is 39.8 Å². The molecule has 0 aliphatic heterocycles. The van der Waals surface area contributed by atoms with Gasteiger partial charge in [-0.1, -0.05) is 12.0 Å². The number of hydrogen-bond donors (Lipinski definition) is 5. The quantitative estimate of drug-likeness (QED) is 0.483. The molecule has 130 valence electrons. The van der Waals surface area contributed by atoms with Gasteiger partial charge >= 0.3 is 0 Å². The number of allylic oxidation sites excluding steroid dienone is 1. The van der Waals surface area contributed by atoms with Crippen molar-refractivity contribution in [3.05, 3.63) is 11.3 Å². The van der Waals surface area contributed by atoms with Gasteiger partial charge in [0.1, 0.15) is 0 Å². The number of rotatable bonds is 1. The van der Waals surface area contributed by atoms with E-state index in [9.17, 15) is 0 Å². The highest BCUT2D eigenvalue weighted by atomic mass is 16.4. The molecule has 0 radical (unpaired) electrons. The molecule has 0 aromatic carbocycles. The molecular weight excluding hydrogens is 292 g/mol. The zero-order valence-electron chi connectivity index (χ0n) is 13.5. The van der Waals surface area contributed by atoms with Gasteiger partial charge in [-0.3, -0.25) is 14.4 Å². The zero-order chi connectivity index (χ0) is 18.1. The lowest BCUT2D eigenvalue weighted by Crippen LogP contribution is -2.15. The Labute approximate surface area is 130 Å². The molecule has 8 heteroatoms. The second-order valence-corrected chi connectivity index (χ2v) is 4.45. The molecule has 0 spiro atoms. The largest absolute Gasteiger partial charge is 0.481 e. The van der Waals surface area contributed by atoms with Crippen LogP contribution in [0.5, 0.6) is 0 Å². The summed E-state index contributed by atoms with van der Waals surface area (Å²) in [4.78, 5) is 27.0. The molecule has 7 N–H and O–H groups in total. The minimum Gasteiger partial charge on any atom is -0.481 e. The molecule has 0 unspecified atom stereocenters. The van der Waals surface area contributed by atoms with Crippen LogP contribution >= 0.6 is 0 Å². The van der Waals surface area contributed by atoms with E-state index in [1.807, 2.05) is 0 Å². The van der Waals surface area contributed by atoms with Crippen LogP contribution < -0.4 is 11.5 Å². The molecule has 0 atom stereocenters. The van der Waals surface area contributed by atoms with Gasteiger partial charge < -0.3 is 26.8 Å². The molecule has 1 fully saturated rings. The van der Waals surface area contributed by atoms with Crippen LogP contribution in [0.2, 0.25) is 0 Å². The normalized spacial score (nSPS) is 12.1. The third-order valence-electron chi connectivity index (χ3n) is 2.13. The minimum atomic E-state index is -0.833. The van der Waals surface area contributed by atoms with Crippen LogP contribution in [0.25, 0.3) is 0 Å². The smallest absolute Gasteiger partial charge is 0.300 e. The van der Waals surface area contributed by atoms with Crippen LogP contribution in [-0.2, 0) is 14.4 Å². The third-order valence-corrected chi connectivity index (χ3v) is 2.13. The lowest BCUT2D eigenvalue weighted by Gasteiger charge is -2.15. The summed E-state index contributed by atoms with van der Waals surface area (Å²) in [6.45, 7) is 3.79. The van der Waals surface area contributed by atoms with E-state index in [0.717, 1.165) is 26.5 Å². The average molecular weight is 320 g/mol. The SMILES string of the molecule is CC(=O)O.CC(=O)O.CC(=O)O.NCC(N)=C1CCCCC1. The van der Waals surface area contributed by atoms with Crippen molar-refractivity contribution in [3.8, 4) is 0 Å². The standard InChI is InChI=1S/C8H16N2.3C2H4O2/c9-6-8(10)7-4-2-1-3-5-7;3*1-2(3)4/h1-6,9-10H2;3*1H3,(H,3,4). The van der Waals surface area contributed by atoms with Gasteiger partial charge in [-0.2, -0.15) is 0 Å². The second kappa shape index (κ2) is 17.0. The van der Waals surface area contributed by atoms with E-state index >= 15 is 0 Å². The Morgan fingerprint density at radius 2 is 1.14 bits per heavy atom. The molecular formula is C14H28N2O6. The van der Waals surface area contributed by atoms with Gasteiger partial charge in [-0.25, -0.2) is 0 Å². The Kier molecular flexibility index (Phi) is 19.2. The van der Waals surface area contributed by atoms with E-state index in [-0.39, 0.29) is 0 Å². The Morgan fingerprint density at radius 1 is 0.864 bits per heavy atom. The molecule has 22 heavy (non-hydrogen) atoms. The van der Waals surface area contributed by atoms with Crippen LogP contribution in [0.1, 0.15) is 52.9 Å². The molecule has 0 aromatic heterocycles. The van der Waals surface area contributed by atoms with Gasteiger partial charge in [-0.15, -0.1) is 0 Å². The number of aliphatic carboxylic acids is 3. The lowest BCUT2D eigenvalue weighted by atomic mass is 9.93. The summed E-state index contributed by atoms with van der Waals surface area (Å²) in [5.41, 5.74) is 13.5. The van der Waals surface area contributed by atoms with Crippen LogP contribution in [0.4, 0.5) is 0 Å². The molecule has 1 rings (SSSR count).